The fraction of sp³-hybridized carbons (Fsp3) is 0.435. The van der Waals surface area contributed by atoms with Crippen LogP contribution in [0, 0.1) is 0 Å². The van der Waals surface area contributed by atoms with E-state index in [1.807, 2.05) is 43.0 Å². The third kappa shape index (κ3) is 5.29. The molecule has 6 heteroatoms. The number of hydrogen-bond donors (Lipinski definition) is 1. The quantitative estimate of drug-likeness (QED) is 0.350. The van der Waals surface area contributed by atoms with Gasteiger partial charge in [-0.15, -0.1) is 0 Å². The topological polar surface area (TPSA) is 47.0 Å². The molecule has 2 aromatic rings. The summed E-state index contributed by atoms with van der Waals surface area (Å²) in [7, 11) is 0. The van der Waals surface area contributed by atoms with Gasteiger partial charge in [-0.2, -0.15) is 0 Å². The fourth-order valence-electron chi connectivity index (χ4n) is 3.95. The molecule has 5 nitrogen and oxygen atoms in total. The maximum absolute atomic E-state index is 12.6. The Morgan fingerprint density at radius 2 is 1.69 bits per heavy atom. The van der Waals surface area contributed by atoms with E-state index in [1.54, 1.807) is 6.07 Å². The lowest BCUT2D eigenvalue weighted by Crippen LogP contribution is -2.47. The van der Waals surface area contributed by atoms with Gasteiger partial charge in [-0.3, -0.25) is 14.6 Å². The standard InChI is InChI=1S/C23H30IN3O2/c1-3-26(4-2)23(29)19-10-8-18(9-11-19)22(20-6-5-7-21(28)16-20)27-14-12-25(17-24)13-15-27/h5-11,16,22,28H,3-4,12-15,17H2,1-2H3. The van der Waals surface area contributed by atoms with Crippen LogP contribution in [0.3, 0.4) is 0 Å². The SMILES string of the molecule is CCN(CC)C(=O)c1ccc(C(c2cccc(O)c2)N2CCN(CI)CC2)cc1. The van der Waals surface area contributed by atoms with Gasteiger partial charge in [0.15, 0.2) is 0 Å². The Kier molecular flexibility index (Phi) is 7.91. The molecule has 1 unspecified atom stereocenters. The number of aromatic hydroxyl groups is 1. The minimum Gasteiger partial charge on any atom is -0.508 e. The van der Waals surface area contributed by atoms with Gasteiger partial charge < -0.3 is 10.0 Å². The van der Waals surface area contributed by atoms with Crippen LogP contribution in [0.5, 0.6) is 5.75 Å². The average molecular weight is 507 g/mol. The summed E-state index contributed by atoms with van der Waals surface area (Å²) in [6, 6.07) is 15.6. The van der Waals surface area contributed by atoms with Gasteiger partial charge in [0, 0.05) is 44.8 Å². The minimum atomic E-state index is 0.0658. The van der Waals surface area contributed by atoms with E-state index >= 15 is 0 Å². The van der Waals surface area contributed by atoms with Crippen LogP contribution in [-0.4, -0.2) is 69.5 Å². The summed E-state index contributed by atoms with van der Waals surface area (Å²) in [4.78, 5) is 19.4. The lowest BCUT2D eigenvalue weighted by Gasteiger charge is -2.39. The Hall–Kier alpha value is -1.64. The van der Waals surface area contributed by atoms with Gasteiger partial charge in [-0.25, -0.2) is 0 Å². The third-order valence-corrected chi connectivity index (χ3v) is 6.62. The first-order chi connectivity index (χ1) is 14.1. The predicted octanol–water partition coefficient (Wildman–Crippen LogP) is 3.97. The zero-order chi connectivity index (χ0) is 20.8. The van der Waals surface area contributed by atoms with Crippen molar-refractivity contribution in [2.45, 2.75) is 19.9 Å². The summed E-state index contributed by atoms with van der Waals surface area (Å²) < 4.78 is 1.05. The van der Waals surface area contributed by atoms with Gasteiger partial charge in [-0.1, -0.05) is 46.9 Å². The first kappa shape index (κ1) is 22.1. The first-order valence-electron chi connectivity index (χ1n) is 10.3. The van der Waals surface area contributed by atoms with Crippen molar-refractivity contribution in [2.75, 3.05) is 43.8 Å². The molecule has 0 radical (unpaired) electrons. The zero-order valence-electron chi connectivity index (χ0n) is 17.2. The molecule has 0 saturated carbocycles. The maximum Gasteiger partial charge on any atom is 0.253 e. The lowest BCUT2D eigenvalue weighted by molar-refractivity contribution is 0.0773. The molecular formula is C23H30IN3O2. The number of benzene rings is 2. The van der Waals surface area contributed by atoms with Gasteiger partial charge in [0.1, 0.15) is 5.75 Å². The number of piperazine rings is 1. The minimum absolute atomic E-state index is 0.0658. The van der Waals surface area contributed by atoms with Crippen LogP contribution in [0.4, 0.5) is 0 Å². The number of rotatable bonds is 7. The van der Waals surface area contributed by atoms with Crippen molar-refractivity contribution in [3.05, 3.63) is 65.2 Å². The van der Waals surface area contributed by atoms with Gasteiger partial charge in [0.2, 0.25) is 0 Å². The van der Waals surface area contributed by atoms with Crippen molar-refractivity contribution < 1.29 is 9.90 Å². The average Bonchev–Trinajstić information content (AvgIpc) is 2.76. The first-order valence-corrected chi connectivity index (χ1v) is 11.8. The molecule has 0 aromatic heterocycles. The number of phenolic OH excluding ortho intramolecular Hbond substituents is 1. The van der Waals surface area contributed by atoms with Crippen molar-refractivity contribution in [3.63, 3.8) is 0 Å². The maximum atomic E-state index is 12.6. The zero-order valence-corrected chi connectivity index (χ0v) is 19.4. The highest BCUT2D eigenvalue weighted by atomic mass is 127. The second-order valence-electron chi connectivity index (χ2n) is 7.37. The molecule has 1 amide bonds. The summed E-state index contributed by atoms with van der Waals surface area (Å²) in [6.45, 7) is 9.46. The van der Waals surface area contributed by atoms with Crippen LogP contribution in [0.15, 0.2) is 48.5 Å². The highest BCUT2D eigenvalue weighted by Gasteiger charge is 2.26. The monoisotopic (exact) mass is 507 g/mol. The van der Waals surface area contributed by atoms with E-state index in [0.29, 0.717) is 13.1 Å². The van der Waals surface area contributed by atoms with Crippen LogP contribution in [0.25, 0.3) is 0 Å². The number of phenols is 1. The molecule has 1 heterocycles. The largest absolute Gasteiger partial charge is 0.508 e. The summed E-state index contributed by atoms with van der Waals surface area (Å²) in [5.41, 5.74) is 2.95. The summed E-state index contributed by atoms with van der Waals surface area (Å²) >= 11 is 2.42. The molecule has 0 bridgehead atoms. The van der Waals surface area contributed by atoms with E-state index in [-0.39, 0.29) is 17.7 Å². The second kappa shape index (κ2) is 10.4. The Morgan fingerprint density at radius 1 is 1.03 bits per heavy atom. The van der Waals surface area contributed by atoms with Crippen molar-refractivity contribution in [3.8, 4) is 5.75 Å². The van der Waals surface area contributed by atoms with Gasteiger partial charge in [-0.05, 0) is 49.2 Å². The molecule has 1 aliphatic rings. The van der Waals surface area contributed by atoms with Crippen molar-refractivity contribution in [1.82, 2.24) is 14.7 Å². The van der Waals surface area contributed by atoms with E-state index in [4.69, 9.17) is 0 Å². The van der Waals surface area contributed by atoms with Crippen molar-refractivity contribution in [1.29, 1.82) is 0 Å². The lowest BCUT2D eigenvalue weighted by atomic mass is 9.95. The van der Waals surface area contributed by atoms with Crippen LogP contribution < -0.4 is 0 Å². The Labute approximate surface area is 187 Å². The molecular weight excluding hydrogens is 477 g/mol. The molecule has 29 heavy (non-hydrogen) atoms. The normalized spacial score (nSPS) is 16.5. The van der Waals surface area contributed by atoms with Crippen LogP contribution in [0.2, 0.25) is 0 Å². The molecule has 1 saturated heterocycles. The number of nitrogens with zero attached hydrogens (tertiary/aromatic N) is 3. The number of carbonyl (C=O) groups is 1. The van der Waals surface area contributed by atoms with Crippen molar-refractivity contribution in [2.24, 2.45) is 0 Å². The number of alkyl halides is 1. The van der Waals surface area contributed by atoms with E-state index < -0.39 is 0 Å². The molecule has 0 aliphatic carbocycles. The van der Waals surface area contributed by atoms with E-state index in [2.05, 4.69) is 50.6 Å². The predicted molar refractivity (Wildman–Crippen MR) is 126 cm³/mol. The molecule has 1 aliphatic heterocycles. The van der Waals surface area contributed by atoms with E-state index in [1.165, 1.54) is 0 Å². The highest BCUT2D eigenvalue weighted by Crippen LogP contribution is 2.31. The van der Waals surface area contributed by atoms with Gasteiger partial charge in [0.25, 0.3) is 5.91 Å². The Morgan fingerprint density at radius 3 is 2.24 bits per heavy atom. The van der Waals surface area contributed by atoms with Crippen LogP contribution in [0.1, 0.15) is 41.4 Å². The van der Waals surface area contributed by atoms with Crippen molar-refractivity contribution >= 4 is 28.5 Å². The third-order valence-electron chi connectivity index (χ3n) is 5.65. The Bertz CT molecular complexity index is 800. The highest BCUT2D eigenvalue weighted by molar-refractivity contribution is 14.1. The molecule has 1 atom stereocenters. The summed E-state index contributed by atoms with van der Waals surface area (Å²) in [6.07, 6.45) is 0. The van der Waals surface area contributed by atoms with Gasteiger partial charge >= 0.3 is 0 Å². The van der Waals surface area contributed by atoms with Crippen LogP contribution >= 0.6 is 22.6 Å². The smallest absolute Gasteiger partial charge is 0.253 e. The fourth-order valence-corrected chi connectivity index (χ4v) is 4.63. The molecule has 2 aromatic carbocycles. The molecule has 0 spiro atoms. The molecule has 3 rings (SSSR count). The molecule has 156 valence electrons. The Balaban J connectivity index is 1.89. The number of carbonyl (C=O) groups excluding carboxylic acids is 1. The van der Waals surface area contributed by atoms with Crippen LogP contribution in [-0.2, 0) is 0 Å². The summed E-state index contributed by atoms with van der Waals surface area (Å²) in [5, 5.41) is 10.0. The van der Waals surface area contributed by atoms with Gasteiger partial charge in [0.05, 0.1) is 10.6 Å². The van der Waals surface area contributed by atoms with E-state index in [0.717, 1.165) is 47.4 Å². The number of hydrogen-bond acceptors (Lipinski definition) is 4. The molecule has 1 fully saturated rings. The van der Waals surface area contributed by atoms with E-state index in [9.17, 15) is 9.90 Å². The summed E-state index contributed by atoms with van der Waals surface area (Å²) in [5.74, 6) is 0.359. The second-order valence-corrected chi connectivity index (χ2v) is 8.05. The molecule has 1 N–H and O–H groups in total. The number of amides is 1. The number of halogens is 1.